The quantitative estimate of drug-likeness (QED) is 0.716. The van der Waals surface area contributed by atoms with Crippen molar-refractivity contribution in [3.05, 3.63) is 22.1 Å². The van der Waals surface area contributed by atoms with Crippen LogP contribution in [0.5, 0.6) is 0 Å². The fourth-order valence-corrected chi connectivity index (χ4v) is 1.60. The number of esters is 1. The van der Waals surface area contributed by atoms with Crippen molar-refractivity contribution >= 4 is 5.97 Å². The van der Waals surface area contributed by atoms with Crippen LogP contribution in [0.1, 0.15) is 44.6 Å². The number of hydrogen-bond acceptors (Lipinski definition) is 5. The van der Waals surface area contributed by atoms with Crippen molar-refractivity contribution in [3.63, 3.8) is 0 Å². The first-order valence-corrected chi connectivity index (χ1v) is 5.84. The maximum atomic E-state index is 11.7. The van der Waals surface area contributed by atoms with Crippen LogP contribution in [0, 0.1) is 12.8 Å². The van der Waals surface area contributed by atoms with Gasteiger partial charge in [-0.15, -0.1) is 0 Å². The molecule has 1 unspecified atom stereocenters. The molecule has 0 fully saturated rings. The average molecular weight is 242 g/mol. The van der Waals surface area contributed by atoms with Gasteiger partial charge < -0.3 is 13.6 Å². The minimum atomic E-state index is -0.769. The van der Waals surface area contributed by atoms with E-state index in [-0.39, 0.29) is 24.3 Å². The summed E-state index contributed by atoms with van der Waals surface area (Å²) in [5, 5.41) is 0. The lowest BCUT2D eigenvalue weighted by Gasteiger charge is -2.12. The third-order valence-corrected chi connectivity index (χ3v) is 2.64. The second-order valence-electron chi connectivity index (χ2n) is 3.94. The predicted molar refractivity (Wildman–Crippen MR) is 60.5 cm³/mol. The highest BCUT2D eigenvalue weighted by atomic mass is 16.6. The van der Waals surface area contributed by atoms with Crippen molar-refractivity contribution < 1.29 is 18.4 Å². The van der Waals surface area contributed by atoms with Crippen LogP contribution in [0.3, 0.4) is 0 Å². The molecule has 0 bridgehead atoms. The summed E-state index contributed by atoms with van der Waals surface area (Å²) in [4.78, 5) is 22.5. The van der Waals surface area contributed by atoms with Crippen molar-refractivity contribution in [2.24, 2.45) is 5.92 Å². The molecule has 0 aliphatic rings. The average Bonchev–Trinajstić information content (AvgIpc) is 2.61. The van der Waals surface area contributed by atoms with Crippen molar-refractivity contribution in [1.82, 2.24) is 0 Å². The number of carbonyl (C=O) groups is 1. The molecule has 1 heterocycles. The molecular formula is C12H18O5. The normalized spacial score (nSPS) is 12.4. The van der Waals surface area contributed by atoms with Crippen LogP contribution in [-0.2, 0) is 16.1 Å². The highest BCUT2D eigenvalue weighted by Gasteiger charge is 2.18. The topological polar surface area (TPSA) is 69.7 Å². The summed E-state index contributed by atoms with van der Waals surface area (Å²) in [7, 11) is 0. The standard InChI is InChI=1S/C12H18O5/c1-4-6-9(5-2)11(13)15-7-10-8(3)16-12(14)17-10/h9H,4-7H2,1-3H3. The highest BCUT2D eigenvalue weighted by Crippen LogP contribution is 2.14. The second kappa shape index (κ2) is 6.27. The van der Waals surface area contributed by atoms with Crippen molar-refractivity contribution in [3.8, 4) is 0 Å². The molecule has 0 saturated heterocycles. The van der Waals surface area contributed by atoms with E-state index in [2.05, 4.69) is 4.42 Å². The van der Waals surface area contributed by atoms with Crippen LogP contribution in [0.2, 0.25) is 0 Å². The van der Waals surface area contributed by atoms with Gasteiger partial charge >= 0.3 is 11.8 Å². The molecule has 1 rings (SSSR count). The Kier molecular flexibility index (Phi) is 5.00. The fourth-order valence-electron chi connectivity index (χ4n) is 1.60. The summed E-state index contributed by atoms with van der Waals surface area (Å²) < 4.78 is 14.5. The second-order valence-corrected chi connectivity index (χ2v) is 3.94. The molecule has 5 nitrogen and oxygen atoms in total. The molecule has 0 spiro atoms. The molecule has 0 amide bonds. The monoisotopic (exact) mass is 242 g/mol. The smallest absolute Gasteiger partial charge is 0.457 e. The molecule has 0 aliphatic carbocycles. The number of hydrogen-bond donors (Lipinski definition) is 0. The molecule has 96 valence electrons. The minimum Gasteiger partial charge on any atom is -0.457 e. The summed E-state index contributed by atoms with van der Waals surface area (Å²) in [6.07, 6.45) is 2.50. The van der Waals surface area contributed by atoms with E-state index in [9.17, 15) is 9.59 Å². The molecule has 0 aliphatic heterocycles. The van der Waals surface area contributed by atoms with Crippen LogP contribution in [0.4, 0.5) is 0 Å². The number of aryl methyl sites for hydroxylation is 1. The Hall–Kier alpha value is -1.52. The SMILES string of the molecule is CCCC(CC)C(=O)OCc1oc(=O)oc1C. The van der Waals surface area contributed by atoms with Crippen LogP contribution < -0.4 is 5.82 Å². The third-order valence-electron chi connectivity index (χ3n) is 2.64. The lowest BCUT2D eigenvalue weighted by molar-refractivity contribution is -0.150. The van der Waals surface area contributed by atoms with Crippen LogP contribution in [0.15, 0.2) is 13.6 Å². The first kappa shape index (κ1) is 13.5. The summed E-state index contributed by atoms with van der Waals surface area (Å²) in [6, 6.07) is 0. The van der Waals surface area contributed by atoms with Gasteiger partial charge in [-0.1, -0.05) is 20.3 Å². The van der Waals surface area contributed by atoms with Gasteiger partial charge in [-0.05, 0) is 19.8 Å². The van der Waals surface area contributed by atoms with Gasteiger partial charge in [-0.3, -0.25) is 4.79 Å². The molecule has 0 saturated carbocycles. The summed E-state index contributed by atoms with van der Waals surface area (Å²) in [5.41, 5.74) is 0. The van der Waals surface area contributed by atoms with Gasteiger partial charge in [0.15, 0.2) is 18.1 Å². The number of carbonyl (C=O) groups excluding carboxylic acids is 1. The van der Waals surface area contributed by atoms with E-state index in [0.717, 1.165) is 19.3 Å². The Bertz CT molecular complexity index is 415. The van der Waals surface area contributed by atoms with Gasteiger partial charge in [0.2, 0.25) is 0 Å². The van der Waals surface area contributed by atoms with E-state index in [0.29, 0.717) is 5.76 Å². The minimum absolute atomic E-state index is 0.0450. The fraction of sp³-hybridized carbons (Fsp3) is 0.667. The lowest BCUT2D eigenvalue weighted by atomic mass is 10.0. The number of rotatable bonds is 6. The zero-order chi connectivity index (χ0) is 12.8. The van der Waals surface area contributed by atoms with E-state index in [4.69, 9.17) is 9.15 Å². The van der Waals surface area contributed by atoms with E-state index in [1.54, 1.807) is 6.92 Å². The van der Waals surface area contributed by atoms with Gasteiger partial charge in [-0.2, -0.15) is 0 Å². The zero-order valence-electron chi connectivity index (χ0n) is 10.4. The summed E-state index contributed by atoms with van der Waals surface area (Å²) in [5.74, 6) is -0.480. The molecule has 5 heteroatoms. The first-order valence-electron chi connectivity index (χ1n) is 5.84. The van der Waals surface area contributed by atoms with Gasteiger partial charge in [-0.25, -0.2) is 4.79 Å². The molecule has 0 radical (unpaired) electrons. The highest BCUT2D eigenvalue weighted by molar-refractivity contribution is 5.72. The van der Waals surface area contributed by atoms with Crippen LogP contribution in [0.25, 0.3) is 0 Å². The Morgan fingerprint density at radius 1 is 1.35 bits per heavy atom. The first-order chi connectivity index (χ1) is 8.08. The van der Waals surface area contributed by atoms with Crippen LogP contribution >= 0.6 is 0 Å². The molecule has 17 heavy (non-hydrogen) atoms. The van der Waals surface area contributed by atoms with E-state index in [1.807, 2.05) is 13.8 Å². The summed E-state index contributed by atoms with van der Waals surface area (Å²) >= 11 is 0. The third kappa shape index (κ3) is 3.76. The van der Waals surface area contributed by atoms with Gasteiger partial charge in [0.25, 0.3) is 0 Å². The van der Waals surface area contributed by atoms with Gasteiger partial charge in [0.05, 0.1) is 5.92 Å². The van der Waals surface area contributed by atoms with Crippen molar-refractivity contribution in [2.45, 2.75) is 46.6 Å². The van der Waals surface area contributed by atoms with Crippen LogP contribution in [-0.4, -0.2) is 5.97 Å². The molecule has 1 aromatic rings. The number of ether oxygens (including phenoxy) is 1. The van der Waals surface area contributed by atoms with Crippen molar-refractivity contribution in [2.75, 3.05) is 0 Å². The molecule has 1 aromatic heterocycles. The Morgan fingerprint density at radius 3 is 2.53 bits per heavy atom. The van der Waals surface area contributed by atoms with Crippen molar-refractivity contribution in [1.29, 1.82) is 0 Å². The van der Waals surface area contributed by atoms with E-state index in [1.165, 1.54) is 0 Å². The molecule has 0 N–H and O–H groups in total. The largest absolute Gasteiger partial charge is 0.519 e. The van der Waals surface area contributed by atoms with E-state index >= 15 is 0 Å². The van der Waals surface area contributed by atoms with Gasteiger partial charge in [0, 0.05) is 0 Å². The molecule has 0 aromatic carbocycles. The molecular weight excluding hydrogens is 224 g/mol. The zero-order valence-corrected chi connectivity index (χ0v) is 10.4. The Labute approximate surface area is 99.8 Å². The van der Waals surface area contributed by atoms with Gasteiger partial charge in [0.1, 0.15) is 0 Å². The predicted octanol–water partition coefficient (Wildman–Crippen LogP) is 2.41. The Balaban J connectivity index is 2.52. The summed E-state index contributed by atoms with van der Waals surface area (Å²) in [6.45, 7) is 5.52. The maximum Gasteiger partial charge on any atom is 0.519 e. The molecule has 1 atom stereocenters. The Morgan fingerprint density at radius 2 is 2.06 bits per heavy atom. The maximum absolute atomic E-state index is 11.7. The lowest BCUT2D eigenvalue weighted by Crippen LogP contribution is -2.16. The van der Waals surface area contributed by atoms with E-state index < -0.39 is 5.82 Å².